The van der Waals surface area contributed by atoms with Gasteiger partial charge in [-0.15, -0.1) is 5.10 Å². The molecule has 3 aromatic rings. The van der Waals surface area contributed by atoms with Crippen molar-refractivity contribution in [1.82, 2.24) is 30.1 Å². The number of rotatable bonds is 4. The zero-order valence-electron chi connectivity index (χ0n) is 17.4. The van der Waals surface area contributed by atoms with E-state index in [-0.39, 0.29) is 11.6 Å². The number of benzene rings is 1. The van der Waals surface area contributed by atoms with Crippen molar-refractivity contribution < 1.29 is 4.74 Å². The Morgan fingerprint density at radius 1 is 1.13 bits per heavy atom. The number of aromatic nitrogens is 5. The standard InChI is InChI=1S/C22H28N6O2/c1-15-7-8-16-14-18(22(29)23-19(16)13-15)20(27-9-11-30-12-10-27)21-24-25-26-28(21)17-5-3-2-4-6-17/h7-8,13-14,17,20H,2-6,9-12H2,1H3,(H,23,29)/t20-/m0/s1. The van der Waals surface area contributed by atoms with E-state index in [2.05, 4.69) is 37.5 Å². The summed E-state index contributed by atoms with van der Waals surface area (Å²) in [6, 6.07) is 8.16. The van der Waals surface area contributed by atoms with Crippen LogP contribution in [0.15, 0.2) is 29.1 Å². The minimum Gasteiger partial charge on any atom is -0.379 e. The first kappa shape index (κ1) is 19.4. The summed E-state index contributed by atoms with van der Waals surface area (Å²) in [5.74, 6) is 0.765. The zero-order chi connectivity index (χ0) is 20.5. The molecule has 5 rings (SSSR count). The Morgan fingerprint density at radius 2 is 1.93 bits per heavy atom. The second-order valence-electron chi connectivity index (χ2n) is 8.47. The summed E-state index contributed by atoms with van der Waals surface area (Å²) in [7, 11) is 0. The van der Waals surface area contributed by atoms with Crippen molar-refractivity contribution in [1.29, 1.82) is 0 Å². The molecule has 1 aromatic carbocycles. The van der Waals surface area contributed by atoms with Gasteiger partial charge in [-0.05, 0) is 53.3 Å². The van der Waals surface area contributed by atoms with Crippen molar-refractivity contribution in [2.45, 2.75) is 51.1 Å². The first-order valence-electron chi connectivity index (χ1n) is 10.9. The number of morpholine rings is 1. The molecule has 3 heterocycles. The van der Waals surface area contributed by atoms with Crippen molar-refractivity contribution in [2.24, 2.45) is 0 Å². The number of tetrazole rings is 1. The maximum atomic E-state index is 13.2. The van der Waals surface area contributed by atoms with E-state index in [1.54, 1.807) is 0 Å². The van der Waals surface area contributed by atoms with Crippen LogP contribution in [0.25, 0.3) is 10.9 Å². The number of aromatic amines is 1. The van der Waals surface area contributed by atoms with Crippen LogP contribution in [0, 0.1) is 6.92 Å². The normalized spacial score (nSPS) is 19.9. The molecule has 0 unspecified atom stereocenters. The monoisotopic (exact) mass is 408 g/mol. The second-order valence-corrected chi connectivity index (χ2v) is 8.47. The Hall–Kier alpha value is -2.58. The van der Waals surface area contributed by atoms with Crippen molar-refractivity contribution in [3.8, 4) is 0 Å². The molecular formula is C22H28N6O2. The highest BCUT2D eigenvalue weighted by molar-refractivity contribution is 5.79. The fourth-order valence-electron chi connectivity index (χ4n) is 4.84. The molecule has 1 N–H and O–H groups in total. The first-order chi connectivity index (χ1) is 14.7. The topological polar surface area (TPSA) is 88.9 Å². The third-order valence-electron chi connectivity index (χ3n) is 6.42. The van der Waals surface area contributed by atoms with Gasteiger partial charge in [0.05, 0.1) is 19.3 Å². The van der Waals surface area contributed by atoms with Gasteiger partial charge in [-0.1, -0.05) is 31.4 Å². The summed E-state index contributed by atoms with van der Waals surface area (Å²) < 4.78 is 7.56. The highest BCUT2D eigenvalue weighted by Gasteiger charge is 2.33. The molecule has 0 bridgehead atoms. The third-order valence-corrected chi connectivity index (χ3v) is 6.42. The van der Waals surface area contributed by atoms with Crippen molar-refractivity contribution in [3.05, 3.63) is 51.6 Å². The van der Waals surface area contributed by atoms with E-state index in [9.17, 15) is 4.79 Å². The maximum absolute atomic E-state index is 13.2. The van der Waals surface area contributed by atoms with Crippen LogP contribution >= 0.6 is 0 Å². The van der Waals surface area contributed by atoms with Crippen LogP contribution in [0.3, 0.4) is 0 Å². The lowest BCUT2D eigenvalue weighted by atomic mass is 9.95. The number of hydrogen-bond acceptors (Lipinski definition) is 6. The Kier molecular flexibility index (Phi) is 5.35. The highest BCUT2D eigenvalue weighted by Crippen LogP contribution is 2.33. The summed E-state index contributed by atoms with van der Waals surface area (Å²) in [5, 5.41) is 13.9. The van der Waals surface area contributed by atoms with Crippen LogP contribution in [0.2, 0.25) is 0 Å². The molecule has 1 atom stereocenters. The van der Waals surface area contributed by atoms with Gasteiger partial charge in [-0.2, -0.15) is 0 Å². The van der Waals surface area contributed by atoms with Crippen LogP contribution in [0.4, 0.5) is 0 Å². The molecule has 1 saturated carbocycles. The lowest BCUT2D eigenvalue weighted by Gasteiger charge is -2.34. The molecule has 1 aliphatic carbocycles. The summed E-state index contributed by atoms with van der Waals surface area (Å²) in [4.78, 5) is 18.6. The van der Waals surface area contributed by atoms with Crippen molar-refractivity contribution >= 4 is 10.9 Å². The number of H-pyrrole nitrogens is 1. The summed E-state index contributed by atoms with van der Waals surface area (Å²) >= 11 is 0. The molecule has 1 aliphatic heterocycles. The summed E-state index contributed by atoms with van der Waals surface area (Å²) in [6.07, 6.45) is 5.83. The SMILES string of the molecule is Cc1ccc2cc([C@@H](c3nnnn3C3CCCCC3)N3CCOCC3)c(=O)[nH]c2c1. The molecule has 30 heavy (non-hydrogen) atoms. The van der Waals surface area contributed by atoms with E-state index >= 15 is 0 Å². The molecule has 8 nitrogen and oxygen atoms in total. The number of hydrogen-bond donors (Lipinski definition) is 1. The number of pyridine rings is 1. The van der Waals surface area contributed by atoms with Gasteiger partial charge in [-0.3, -0.25) is 9.69 Å². The van der Waals surface area contributed by atoms with Gasteiger partial charge < -0.3 is 9.72 Å². The van der Waals surface area contributed by atoms with Gasteiger partial charge in [0.15, 0.2) is 5.82 Å². The lowest BCUT2D eigenvalue weighted by molar-refractivity contribution is 0.0209. The van der Waals surface area contributed by atoms with E-state index in [4.69, 9.17) is 4.74 Å². The average molecular weight is 409 g/mol. The third kappa shape index (κ3) is 3.65. The van der Waals surface area contributed by atoms with Crippen molar-refractivity contribution in [3.63, 3.8) is 0 Å². The van der Waals surface area contributed by atoms with Crippen LogP contribution in [0.1, 0.15) is 61.1 Å². The molecule has 0 amide bonds. The van der Waals surface area contributed by atoms with Gasteiger partial charge in [0.2, 0.25) is 0 Å². The van der Waals surface area contributed by atoms with Gasteiger partial charge in [0.25, 0.3) is 5.56 Å². The van der Waals surface area contributed by atoms with E-state index in [1.165, 1.54) is 19.3 Å². The lowest BCUT2D eigenvalue weighted by Crippen LogP contribution is -2.42. The number of ether oxygens (including phenoxy) is 1. The Morgan fingerprint density at radius 3 is 2.73 bits per heavy atom. The fourth-order valence-corrected chi connectivity index (χ4v) is 4.84. The van der Waals surface area contributed by atoms with Crippen LogP contribution in [0.5, 0.6) is 0 Å². The molecule has 0 radical (unpaired) electrons. The van der Waals surface area contributed by atoms with E-state index < -0.39 is 0 Å². The smallest absolute Gasteiger partial charge is 0.253 e. The molecule has 8 heteroatoms. The molecule has 1 saturated heterocycles. The second kappa shape index (κ2) is 8.28. The van der Waals surface area contributed by atoms with E-state index in [0.717, 1.165) is 48.2 Å². The summed E-state index contributed by atoms with van der Waals surface area (Å²) in [5.41, 5.74) is 2.59. The van der Waals surface area contributed by atoms with Crippen LogP contribution in [-0.2, 0) is 4.74 Å². The van der Waals surface area contributed by atoms with Crippen molar-refractivity contribution in [2.75, 3.05) is 26.3 Å². The Balaban J connectivity index is 1.63. The van der Waals surface area contributed by atoms with Gasteiger partial charge >= 0.3 is 0 Å². The summed E-state index contributed by atoms with van der Waals surface area (Å²) in [6.45, 7) is 4.81. The van der Waals surface area contributed by atoms with Crippen LogP contribution < -0.4 is 5.56 Å². The zero-order valence-corrected chi connectivity index (χ0v) is 17.4. The maximum Gasteiger partial charge on any atom is 0.253 e. The predicted molar refractivity (Wildman–Crippen MR) is 113 cm³/mol. The Labute approximate surface area is 175 Å². The largest absolute Gasteiger partial charge is 0.379 e. The quantitative estimate of drug-likeness (QED) is 0.714. The van der Waals surface area contributed by atoms with Gasteiger partial charge in [0, 0.05) is 24.2 Å². The number of nitrogens with zero attached hydrogens (tertiary/aromatic N) is 5. The molecule has 2 fully saturated rings. The molecule has 0 spiro atoms. The molecular weight excluding hydrogens is 380 g/mol. The minimum atomic E-state index is -0.291. The number of fused-ring (bicyclic) bond motifs is 1. The first-order valence-corrected chi connectivity index (χ1v) is 10.9. The Bertz CT molecular complexity index is 1080. The van der Waals surface area contributed by atoms with E-state index in [1.807, 2.05) is 23.7 Å². The average Bonchev–Trinajstić information content (AvgIpc) is 3.25. The van der Waals surface area contributed by atoms with Gasteiger partial charge in [0.1, 0.15) is 6.04 Å². The molecule has 2 aromatic heterocycles. The van der Waals surface area contributed by atoms with E-state index in [0.29, 0.717) is 24.8 Å². The number of nitrogens with one attached hydrogen (secondary N) is 1. The highest BCUT2D eigenvalue weighted by atomic mass is 16.5. The fraction of sp³-hybridized carbons (Fsp3) is 0.545. The number of aryl methyl sites for hydroxylation is 1. The predicted octanol–water partition coefficient (Wildman–Crippen LogP) is 2.75. The van der Waals surface area contributed by atoms with Gasteiger partial charge in [-0.25, -0.2) is 4.68 Å². The molecule has 2 aliphatic rings. The van der Waals surface area contributed by atoms with Crippen LogP contribution in [-0.4, -0.2) is 56.4 Å². The molecule has 158 valence electrons. The minimum absolute atomic E-state index is 0.0808.